The molecule has 0 saturated heterocycles. The van der Waals surface area contributed by atoms with E-state index in [1.54, 1.807) is 43.5 Å². The zero-order valence-corrected chi connectivity index (χ0v) is 11.5. The largest absolute Gasteiger partial charge is 0.493 e. The van der Waals surface area contributed by atoms with Crippen LogP contribution in [0.25, 0.3) is 0 Å². The summed E-state index contributed by atoms with van der Waals surface area (Å²) in [5.41, 5.74) is 0.792. The van der Waals surface area contributed by atoms with E-state index < -0.39 is 0 Å². The fourth-order valence-corrected chi connectivity index (χ4v) is 1.78. The Morgan fingerprint density at radius 1 is 0.950 bits per heavy atom. The van der Waals surface area contributed by atoms with E-state index in [4.69, 9.17) is 14.2 Å². The van der Waals surface area contributed by atoms with Gasteiger partial charge in [-0.15, -0.1) is 0 Å². The van der Waals surface area contributed by atoms with Crippen LogP contribution in [-0.4, -0.2) is 32.1 Å². The fourth-order valence-electron chi connectivity index (χ4n) is 1.78. The van der Waals surface area contributed by atoms with Gasteiger partial charge in [-0.05, 0) is 24.3 Å². The smallest absolute Gasteiger partial charge is 0.213 e. The third-order valence-corrected chi connectivity index (χ3v) is 2.81. The van der Waals surface area contributed by atoms with E-state index in [0.717, 1.165) is 0 Å². The van der Waals surface area contributed by atoms with E-state index in [1.807, 2.05) is 0 Å². The first-order chi connectivity index (χ1) is 9.69. The molecular weight excluding hydrogens is 258 g/mol. The summed E-state index contributed by atoms with van der Waals surface area (Å²) in [6.45, 7) is 0. The Morgan fingerprint density at radius 3 is 2.35 bits per heavy atom. The van der Waals surface area contributed by atoms with Crippen molar-refractivity contribution in [1.82, 2.24) is 4.98 Å². The van der Waals surface area contributed by atoms with Crippen molar-refractivity contribution in [1.29, 1.82) is 0 Å². The van der Waals surface area contributed by atoms with Crippen LogP contribution < -0.4 is 14.2 Å². The Kier molecular flexibility index (Phi) is 4.20. The predicted molar refractivity (Wildman–Crippen MR) is 73.8 cm³/mol. The van der Waals surface area contributed by atoms with Gasteiger partial charge in [-0.3, -0.25) is 4.79 Å². The molecule has 0 atom stereocenters. The van der Waals surface area contributed by atoms with Gasteiger partial charge in [0.05, 0.1) is 21.3 Å². The number of pyridine rings is 1. The lowest BCUT2D eigenvalue weighted by Gasteiger charge is -2.09. The summed E-state index contributed by atoms with van der Waals surface area (Å²) in [6, 6.07) is 10.0. The molecule has 5 heteroatoms. The summed E-state index contributed by atoms with van der Waals surface area (Å²) in [7, 11) is 4.58. The number of nitrogens with zero attached hydrogens (tertiary/aromatic N) is 1. The first-order valence-corrected chi connectivity index (χ1v) is 5.97. The summed E-state index contributed by atoms with van der Waals surface area (Å²) in [5, 5.41) is 0. The number of benzene rings is 1. The molecule has 5 nitrogen and oxygen atoms in total. The molecule has 0 spiro atoms. The number of ether oxygens (including phenoxy) is 3. The molecule has 0 aliphatic heterocycles. The standard InChI is InChI=1S/C15H15NO4/c1-18-12-8-7-10(9-13(12)19-2)15(17)11-5-4-6-14(16-11)20-3/h4-9H,1-3H3. The molecule has 0 radical (unpaired) electrons. The van der Waals surface area contributed by atoms with Crippen LogP contribution in [0.4, 0.5) is 0 Å². The maximum absolute atomic E-state index is 12.4. The highest BCUT2D eigenvalue weighted by atomic mass is 16.5. The SMILES string of the molecule is COc1cccc(C(=O)c2ccc(OC)c(OC)c2)n1. The van der Waals surface area contributed by atoms with Gasteiger partial charge in [0.1, 0.15) is 5.69 Å². The first kappa shape index (κ1) is 13.9. The Morgan fingerprint density at radius 2 is 1.70 bits per heavy atom. The molecule has 0 amide bonds. The molecule has 1 aromatic carbocycles. The van der Waals surface area contributed by atoms with Crippen LogP contribution in [0.1, 0.15) is 16.1 Å². The quantitative estimate of drug-likeness (QED) is 0.783. The molecule has 1 aromatic heterocycles. The van der Waals surface area contributed by atoms with Gasteiger partial charge in [0, 0.05) is 11.6 Å². The number of hydrogen-bond acceptors (Lipinski definition) is 5. The average Bonchev–Trinajstić information content (AvgIpc) is 2.53. The van der Waals surface area contributed by atoms with Crippen molar-refractivity contribution in [3.8, 4) is 17.4 Å². The number of methoxy groups -OCH3 is 3. The highest BCUT2D eigenvalue weighted by Crippen LogP contribution is 2.28. The van der Waals surface area contributed by atoms with Crippen molar-refractivity contribution in [2.24, 2.45) is 0 Å². The van der Waals surface area contributed by atoms with Crippen LogP contribution >= 0.6 is 0 Å². The molecular formula is C15H15NO4. The van der Waals surface area contributed by atoms with Gasteiger partial charge in [0.15, 0.2) is 11.5 Å². The summed E-state index contributed by atoms with van der Waals surface area (Å²) >= 11 is 0. The third-order valence-electron chi connectivity index (χ3n) is 2.81. The maximum atomic E-state index is 12.4. The highest BCUT2D eigenvalue weighted by Gasteiger charge is 2.14. The number of rotatable bonds is 5. The molecule has 0 N–H and O–H groups in total. The Labute approximate surface area is 117 Å². The molecule has 0 saturated carbocycles. The minimum atomic E-state index is -0.204. The molecule has 0 bridgehead atoms. The molecule has 0 fully saturated rings. The summed E-state index contributed by atoms with van der Waals surface area (Å²) < 4.78 is 15.3. The van der Waals surface area contributed by atoms with Crippen LogP contribution in [0.3, 0.4) is 0 Å². The van der Waals surface area contributed by atoms with Crippen molar-refractivity contribution in [2.45, 2.75) is 0 Å². The number of carbonyl (C=O) groups is 1. The molecule has 2 aromatic rings. The van der Waals surface area contributed by atoms with Gasteiger partial charge in [-0.25, -0.2) is 4.98 Å². The van der Waals surface area contributed by atoms with E-state index >= 15 is 0 Å². The first-order valence-electron chi connectivity index (χ1n) is 5.97. The van der Waals surface area contributed by atoms with Gasteiger partial charge < -0.3 is 14.2 Å². The molecule has 20 heavy (non-hydrogen) atoms. The monoisotopic (exact) mass is 273 g/mol. The van der Waals surface area contributed by atoms with Crippen LogP contribution in [-0.2, 0) is 0 Å². The average molecular weight is 273 g/mol. The van der Waals surface area contributed by atoms with Crippen molar-refractivity contribution >= 4 is 5.78 Å². The normalized spacial score (nSPS) is 9.95. The number of ketones is 1. The number of carbonyl (C=O) groups excluding carboxylic acids is 1. The van der Waals surface area contributed by atoms with Crippen LogP contribution in [0.2, 0.25) is 0 Å². The molecule has 104 valence electrons. The van der Waals surface area contributed by atoms with Gasteiger partial charge in [-0.2, -0.15) is 0 Å². The zero-order valence-electron chi connectivity index (χ0n) is 11.5. The van der Waals surface area contributed by atoms with Gasteiger partial charge in [0.25, 0.3) is 0 Å². The van der Waals surface area contributed by atoms with Gasteiger partial charge >= 0.3 is 0 Å². The molecule has 2 rings (SSSR count). The summed E-state index contributed by atoms with van der Waals surface area (Å²) in [5.74, 6) is 1.27. The van der Waals surface area contributed by atoms with E-state index in [-0.39, 0.29) is 5.78 Å². The second-order valence-corrected chi connectivity index (χ2v) is 3.96. The molecule has 1 heterocycles. The Bertz CT molecular complexity index is 625. The maximum Gasteiger partial charge on any atom is 0.213 e. The molecule has 0 aliphatic carbocycles. The van der Waals surface area contributed by atoms with E-state index in [9.17, 15) is 4.79 Å². The van der Waals surface area contributed by atoms with Gasteiger partial charge in [-0.1, -0.05) is 6.07 Å². The van der Waals surface area contributed by atoms with Crippen molar-refractivity contribution < 1.29 is 19.0 Å². The fraction of sp³-hybridized carbons (Fsp3) is 0.200. The predicted octanol–water partition coefficient (Wildman–Crippen LogP) is 2.34. The minimum Gasteiger partial charge on any atom is -0.493 e. The topological polar surface area (TPSA) is 57.7 Å². The van der Waals surface area contributed by atoms with Crippen LogP contribution in [0.5, 0.6) is 17.4 Å². The molecule has 0 unspecified atom stereocenters. The van der Waals surface area contributed by atoms with Gasteiger partial charge in [0.2, 0.25) is 11.7 Å². The van der Waals surface area contributed by atoms with E-state index in [1.165, 1.54) is 14.2 Å². The van der Waals surface area contributed by atoms with E-state index in [2.05, 4.69) is 4.98 Å². The number of hydrogen-bond donors (Lipinski definition) is 0. The van der Waals surface area contributed by atoms with Crippen molar-refractivity contribution in [3.05, 3.63) is 47.7 Å². The lowest BCUT2D eigenvalue weighted by molar-refractivity contribution is 0.103. The Balaban J connectivity index is 2.37. The minimum absolute atomic E-state index is 0.204. The zero-order chi connectivity index (χ0) is 14.5. The lowest BCUT2D eigenvalue weighted by atomic mass is 10.1. The van der Waals surface area contributed by atoms with Crippen molar-refractivity contribution in [3.63, 3.8) is 0 Å². The third kappa shape index (κ3) is 2.71. The summed E-state index contributed by atoms with van der Waals surface area (Å²) in [4.78, 5) is 16.5. The highest BCUT2D eigenvalue weighted by molar-refractivity contribution is 6.08. The summed E-state index contributed by atoms with van der Waals surface area (Å²) in [6.07, 6.45) is 0. The molecule has 0 aliphatic rings. The lowest BCUT2D eigenvalue weighted by Crippen LogP contribution is -2.05. The second kappa shape index (κ2) is 6.06. The van der Waals surface area contributed by atoms with Crippen molar-refractivity contribution in [2.75, 3.05) is 21.3 Å². The van der Waals surface area contributed by atoms with Crippen LogP contribution in [0, 0.1) is 0 Å². The Hall–Kier alpha value is -2.56. The van der Waals surface area contributed by atoms with E-state index in [0.29, 0.717) is 28.6 Å². The number of aromatic nitrogens is 1. The second-order valence-electron chi connectivity index (χ2n) is 3.96. The van der Waals surface area contributed by atoms with Crippen LogP contribution in [0.15, 0.2) is 36.4 Å².